The summed E-state index contributed by atoms with van der Waals surface area (Å²) < 4.78 is 40.3. The van der Waals surface area contributed by atoms with Gasteiger partial charge in [0.05, 0.1) is 0 Å². The monoisotopic (exact) mass is 355 g/mol. The Kier molecular flexibility index (Phi) is 4.17. The fourth-order valence-corrected chi connectivity index (χ4v) is 3.12. The number of alkyl halides is 3. The minimum atomic E-state index is -4.72. The van der Waals surface area contributed by atoms with Crippen LogP contribution in [0.1, 0.15) is 27.0 Å². The molecule has 0 fully saturated rings. The summed E-state index contributed by atoms with van der Waals surface area (Å²) in [6, 6.07) is 9.00. The van der Waals surface area contributed by atoms with E-state index in [4.69, 9.17) is 11.6 Å². The first kappa shape index (κ1) is 16.6. The van der Waals surface area contributed by atoms with Crippen LogP contribution >= 0.6 is 11.6 Å². The number of nitrogens with zero attached hydrogens (tertiary/aromatic N) is 1. The largest absolute Gasteiger partial charge is 0.573 e. The maximum Gasteiger partial charge on any atom is 0.573 e. The summed E-state index contributed by atoms with van der Waals surface area (Å²) >= 11 is 6.02. The lowest BCUT2D eigenvalue weighted by Crippen LogP contribution is -2.23. The van der Waals surface area contributed by atoms with E-state index in [2.05, 4.69) is 4.74 Å². The summed E-state index contributed by atoms with van der Waals surface area (Å²) in [4.78, 5) is 14.1. The third-order valence-corrected chi connectivity index (χ3v) is 3.99. The standard InChI is InChI=1S/C17H13ClF3NO2/c1-10-6-13(18)7-12-9-22(16(23)15(10)12)8-11-2-4-14(5-3-11)24-17(19,20)21/h2-7H,8-9H2,1H3. The number of rotatable bonds is 3. The van der Waals surface area contributed by atoms with Gasteiger partial charge in [-0.25, -0.2) is 0 Å². The van der Waals surface area contributed by atoms with Crippen molar-refractivity contribution >= 4 is 17.5 Å². The fraction of sp³-hybridized carbons (Fsp3) is 0.235. The second-order valence-corrected chi connectivity index (χ2v) is 6.05. The number of hydrogen-bond acceptors (Lipinski definition) is 2. The lowest BCUT2D eigenvalue weighted by Gasteiger charge is -2.16. The third kappa shape index (κ3) is 3.48. The molecule has 2 aromatic carbocycles. The van der Waals surface area contributed by atoms with E-state index >= 15 is 0 Å². The van der Waals surface area contributed by atoms with Gasteiger partial charge >= 0.3 is 6.36 Å². The minimum Gasteiger partial charge on any atom is -0.406 e. The first-order valence-electron chi connectivity index (χ1n) is 7.16. The highest BCUT2D eigenvalue weighted by molar-refractivity contribution is 6.31. The van der Waals surface area contributed by atoms with E-state index in [-0.39, 0.29) is 11.7 Å². The van der Waals surface area contributed by atoms with Crippen molar-refractivity contribution in [2.45, 2.75) is 26.4 Å². The maximum absolute atomic E-state index is 12.5. The maximum atomic E-state index is 12.5. The molecule has 0 radical (unpaired) electrons. The van der Waals surface area contributed by atoms with Crippen molar-refractivity contribution < 1.29 is 22.7 Å². The highest BCUT2D eigenvalue weighted by Crippen LogP contribution is 2.30. The third-order valence-electron chi connectivity index (χ3n) is 3.77. The van der Waals surface area contributed by atoms with E-state index in [9.17, 15) is 18.0 Å². The second kappa shape index (κ2) is 6.02. The molecule has 7 heteroatoms. The average molecular weight is 356 g/mol. The number of fused-ring (bicyclic) bond motifs is 1. The molecule has 126 valence electrons. The van der Waals surface area contributed by atoms with Gasteiger partial charge in [-0.3, -0.25) is 4.79 Å². The number of halogens is 4. The molecule has 1 aliphatic rings. The highest BCUT2D eigenvalue weighted by Gasteiger charge is 2.31. The normalized spacial score (nSPS) is 14.0. The van der Waals surface area contributed by atoms with E-state index in [1.807, 2.05) is 6.92 Å². The number of benzene rings is 2. The molecule has 1 amide bonds. The van der Waals surface area contributed by atoms with Gasteiger partial charge in [-0.05, 0) is 47.9 Å². The van der Waals surface area contributed by atoms with Crippen LogP contribution in [0.15, 0.2) is 36.4 Å². The molecule has 0 saturated carbocycles. The van der Waals surface area contributed by atoms with Crippen molar-refractivity contribution in [2.75, 3.05) is 0 Å². The van der Waals surface area contributed by atoms with Gasteiger partial charge in [0.25, 0.3) is 5.91 Å². The number of hydrogen-bond donors (Lipinski definition) is 0. The van der Waals surface area contributed by atoms with Gasteiger partial charge in [0.2, 0.25) is 0 Å². The average Bonchev–Trinajstić information content (AvgIpc) is 2.76. The van der Waals surface area contributed by atoms with E-state index in [0.29, 0.717) is 23.7 Å². The molecule has 1 heterocycles. The van der Waals surface area contributed by atoms with Crippen molar-refractivity contribution in [1.82, 2.24) is 4.90 Å². The molecule has 0 aliphatic carbocycles. The topological polar surface area (TPSA) is 29.5 Å². The van der Waals surface area contributed by atoms with Gasteiger partial charge < -0.3 is 9.64 Å². The quantitative estimate of drug-likeness (QED) is 0.798. The Morgan fingerprint density at radius 1 is 1.21 bits per heavy atom. The SMILES string of the molecule is Cc1cc(Cl)cc2c1C(=O)N(Cc1ccc(OC(F)(F)F)cc1)C2. The van der Waals surface area contributed by atoms with Crippen molar-refractivity contribution in [3.63, 3.8) is 0 Å². The molecule has 0 aromatic heterocycles. The Morgan fingerprint density at radius 2 is 1.88 bits per heavy atom. The Labute approximate surface area is 141 Å². The molecule has 24 heavy (non-hydrogen) atoms. The molecule has 1 aliphatic heterocycles. The van der Waals surface area contributed by atoms with Crippen molar-refractivity contribution in [3.8, 4) is 5.75 Å². The van der Waals surface area contributed by atoms with Crippen molar-refractivity contribution in [1.29, 1.82) is 0 Å². The summed E-state index contributed by atoms with van der Waals surface area (Å²) in [6.45, 7) is 2.56. The minimum absolute atomic E-state index is 0.102. The van der Waals surface area contributed by atoms with Crippen LogP contribution in [0.4, 0.5) is 13.2 Å². The first-order chi connectivity index (χ1) is 11.2. The Bertz CT molecular complexity index is 788. The second-order valence-electron chi connectivity index (χ2n) is 5.61. The number of amides is 1. The molecule has 0 unspecified atom stereocenters. The van der Waals surface area contributed by atoms with Crippen LogP contribution < -0.4 is 4.74 Å². The van der Waals surface area contributed by atoms with Gasteiger partial charge in [-0.1, -0.05) is 23.7 Å². The molecule has 0 N–H and O–H groups in total. The van der Waals surface area contributed by atoms with Gasteiger partial charge in [-0.15, -0.1) is 13.2 Å². The van der Waals surface area contributed by atoms with E-state index in [1.165, 1.54) is 24.3 Å². The molecule has 0 spiro atoms. The van der Waals surface area contributed by atoms with Crippen LogP contribution in [-0.4, -0.2) is 17.2 Å². The van der Waals surface area contributed by atoms with Crippen LogP contribution in [-0.2, 0) is 13.1 Å². The summed E-state index contributed by atoms with van der Waals surface area (Å²) in [5.41, 5.74) is 3.05. The summed E-state index contributed by atoms with van der Waals surface area (Å²) in [7, 11) is 0. The lowest BCUT2D eigenvalue weighted by molar-refractivity contribution is -0.274. The van der Waals surface area contributed by atoms with Crippen LogP contribution in [0.25, 0.3) is 0 Å². The molecule has 3 rings (SSSR count). The van der Waals surface area contributed by atoms with E-state index < -0.39 is 6.36 Å². The zero-order valence-electron chi connectivity index (χ0n) is 12.7. The molecule has 2 aromatic rings. The van der Waals surface area contributed by atoms with E-state index in [0.717, 1.165) is 16.7 Å². The summed E-state index contributed by atoms with van der Waals surface area (Å²) in [5.74, 6) is -0.389. The Hall–Kier alpha value is -2.21. The predicted molar refractivity (Wildman–Crippen MR) is 82.9 cm³/mol. The van der Waals surface area contributed by atoms with Gasteiger partial charge in [0, 0.05) is 23.7 Å². The smallest absolute Gasteiger partial charge is 0.406 e. The lowest BCUT2D eigenvalue weighted by atomic mass is 10.0. The Morgan fingerprint density at radius 3 is 2.50 bits per heavy atom. The predicted octanol–water partition coefficient (Wildman–Crippen LogP) is 4.70. The molecular weight excluding hydrogens is 343 g/mol. The number of carbonyl (C=O) groups excluding carboxylic acids is 1. The van der Waals surface area contributed by atoms with Crippen molar-refractivity contribution in [2.24, 2.45) is 0 Å². The fourth-order valence-electron chi connectivity index (χ4n) is 2.82. The number of carbonyl (C=O) groups is 1. The molecule has 0 bridgehead atoms. The number of aryl methyl sites for hydroxylation is 1. The Balaban J connectivity index is 1.74. The highest BCUT2D eigenvalue weighted by atomic mass is 35.5. The van der Waals surface area contributed by atoms with Crippen LogP contribution in [0.3, 0.4) is 0 Å². The zero-order valence-corrected chi connectivity index (χ0v) is 13.4. The molecule has 0 saturated heterocycles. The van der Waals surface area contributed by atoms with Crippen LogP contribution in [0.5, 0.6) is 5.75 Å². The molecule has 0 atom stereocenters. The van der Waals surface area contributed by atoms with Gasteiger partial charge in [-0.2, -0.15) is 0 Å². The molecular formula is C17H13ClF3NO2. The van der Waals surface area contributed by atoms with Gasteiger partial charge in [0.1, 0.15) is 5.75 Å². The van der Waals surface area contributed by atoms with Gasteiger partial charge in [0.15, 0.2) is 0 Å². The zero-order chi connectivity index (χ0) is 17.5. The summed E-state index contributed by atoms with van der Waals surface area (Å²) in [5, 5.41) is 0.578. The number of ether oxygens (including phenoxy) is 1. The molecule has 3 nitrogen and oxygen atoms in total. The summed E-state index contributed by atoms with van der Waals surface area (Å²) in [6.07, 6.45) is -4.72. The van der Waals surface area contributed by atoms with Crippen molar-refractivity contribution in [3.05, 3.63) is 63.7 Å². The van der Waals surface area contributed by atoms with Crippen LogP contribution in [0, 0.1) is 6.92 Å². The van der Waals surface area contributed by atoms with Crippen LogP contribution in [0.2, 0.25) is 5.02 Å². The first-order valence-corrected chi connectivity index (χ1v) is 7.54. The van der Waals surface area contributed by atoms with E-state index in [1.54, 1.807) is 17.0 Å².